The van der Waals surface area contributed by atoms with Crippen LogP contribution in [-0.2, 0) is 11.3 Å². The molecule has 1 amide bonds. The van der Waals surface area contributed by atoms with Gasteiger partial charge in [-0.3, -0.25) is 4.79 Å². The smallest absolute Gasteiger partial charge is 0.339 e. The Hall–Kier alpha value is -3.42. The summed E-state index contributed by atoms with van der Waals surface area (Å²) in [5.74, 6) is -0.351. The van der Waals surface area contributed by atoms with Gasteiger partial charge in [0.25, 0.3) is 0 Å². The maximum Gasteiger partial charge on any atom is 0.339 e. The normalized spacial score (nSPS) is 16.7. The zero-order valence-electron chi connectivity index (χ0n) is 15.6. The van der Waals surface area contributed by atoms with Crippen molar-refractivity contribution in [2.24, 2.45) is 0 Å². The second-order valence-corrected chi connectivity index (χ2v) is 6.84. The van der Waals surface area contributed by atoms with E-state index in [1.165, 1.54) is 6.20 Å². The van der Waals surface area contributed by atoms with Crippen LogP contribution in [0, 0.1) is 6.92 Å². The number of carboxylic acid groups (broad SMARTS) is 1. The summed E-state index contributed by atoms with van der Waals surface area (Å²) in [6, 6.07) is 8.90. The van der Waals surface area contributed by atoms with E-state index in [9.17, 15) is 14.7 Å². The van der Waals surface area contributed by atoms with E-state index in [4.69, 9.17) is 4.74 Å². The molecular formula is C20H20N4O4. The number of aromatic nitrogens is 3. The number of carboxylic acids is 1. The molecule has 8 nitrogen and oxygen atoms in total. The Morgan fingerprint density at radius 2 is 2.07 bits per heavy atom. The quantitative estimate of drug-likeness (QED) is 0.731. The highest BCUT2D eigenvalue weighted by Crippen LogP contribution is 2.36. The van der Waals surface area contributed by atoms with Crippen molar-refractivity contribution in [2.75, 3.05) is 7.11 Å². The summed E-state index contributed by atoms with van der Waals surface area (Å²) >= 11 is 0. The van der Waals surface area contributed by atoms with Gasteiger partial charge in [0, 0.05) is 25.2 Å². The Kier molecular flexibility index (Phi) is 4.46. The minimum atomic E-state index is -1.08. The van der Waals surface area contributed by atoms with Gasteiger partial charge < -0.3 is 14.7 Å². The molecule has 144 valence electrons. The third-order valence-corrected chi connectivity index (χ3v) is 5.03. The summed E-state index contributed by atoms with van der Waals surface area (Å²) in [5, 5.41) is 14.1. The van der Waals surface area contributed by atoms with Crippen molar-refractivity contribution in [2.45, 2.75) is 32.4 Å². The molecule has 0 aliphatic carbocycles. The number of fused-ring (bicyclic) bond motifs is 1. The minimum Gasteiger partial charge on any atom is -0.497 e. The third kappa shape index (κ3) is 3.06. The van der Waals surface area contributed by atoms with Gasteiger partial charge in [-0.1, -0.05) is 12.1 Å². The number of rotatable bonds is 5. The fraction of sp³-hybridized carbons (Fsp3) is 0.300. The first-order chi connectivity index (χ1) is 13.5. The van der Waals surface area contributed by atoms with Crippen molar-refractivity contribution >= 4 is 17.5 Å². The number of nitrogens with zero attached hydrogens (tertiary/aromatic N) is 4. The van der Waals surface area contributed by atoms with Gasteiger partial charge in [-0.25, -0.2) is 14.3 Å². The van der Waals surface area contributed by atoms with Gasteiger partial charge >= 0.3 is 5.97 Å². The van der Waals surface area contributed by atoms with Crippen LogP contribution in [0.25, 0.3) is 5.65 Å². The van der Waals surface area contributed by atoms with Crippen LogP contribution in [0.4, 0.5) is 0 Å². The number of benzene rings is 1. The molecule has 0 saturated carbocycles. The molecule has 2 aromatic heterocycles. The van der Waals surface area contributed by atoms with Crippen molar-refractivity contribution in [1.82, 2.24) is 19.5 Å². The zero-order chi connectivity index (χ0) is 19.8. The number of likely N-dealkylation sites (tertiary alicyclic amines) is 1. The number of carbonyl (C=O) groups is 2. The molecular weight excluding hydrogens is 360 g/mol. The number of carbonyl (C=O) groups excluding carboxylic acids is 1. The molecule has 3 heterocycles. The zero-order valence-corrected chi connectivity index (χ0v) is 15.6. The van der Waals surface area contributed by atoms with Gasteiger partial charge in [-0.05, 0) is 31.0 Å². The average molecular weight is 380 g/mol. The summed E-state index contributed by atoms with van der Waals surface area (Å²) in [6.45, 7) is 2.21. The lowest BCUT2D eigenvalue weighted by atomic mass is 10.1. The monoisotopic (exact) mass is 380 g/mol. The number of hydrogen-bond acceptors (Lipinski definition) is 5. The van der Waals surface area contributed by atoms with Gasteiger partial charge in [0.15, 0.2) is 5.65 Å². The Morgan fingerprint density at radius 1 is 1.32 bits per heavy atom. The topological polar surface area (TPSA) is 97.0 Å². The van der Waals surface area contributed by atoms with Crippen molar-refractivity contribution in [1.29, 1.82) is 0 Å². The van der Waals surface area contributed by atoms with Gasteiger partial charge in [0.05, 0.1) is 24.5 Å². The van der Waals surface area contributed by atoms with Gasteiger partial charge in [-0.2, -0.15) is 5.10 Å². The van der Waals surface area contributed by atoms with Crippen LogP contribution in [-0.4, -0.2) is 43.6 Å². The second kappa shape index (κ2) is 6.95. The molecule has 0 spiro atoms. The fourth-order valence-corrected chi connectivity index (χ4v) is 3.70. The summed E-state index contributed by atoms with van der Waals surface area (Å²) in [4.78, 5) is 30.4. The Bertz CT molecular complexity index is 1060. The third-order valence-electron chi connectivity index (χ3n) is 5.03. The summed E-state index contributed by atoms with van der Waals surface area (Å²) < 4.78 is 6.74. The first-order valence-corrected chi connectivity index (χ1v) is 8.99. The summed E-state index contributed by atoms with van der Waals surface area (Å²) in [5.41, 5.74) is 2.81. The maximum atomic E-state index is 12.6. The molecule has 8 heteroatoms. The molecule has 28 heavy (non-hydrogen) atoms. The number of aryl methyl sites for hydroxylation is 1. The van der Waals surface area contributed by atoms with Crippen LogP contribution >= 0.6 is 0 Å². The van der Waals surface area contributed by atoms with E-state index in [1.807, 2.05) is 31.2 Å². The predicted octanol–water partition coefficient (Wildman–Crippen LogP) is 2.61. The molecule has 1 fully saturated rings. The Morgan fingerprint density at radius 3 is 2.75 bits per heavy atom. The molecule has 3 aromatic rings. The molecule has 1 saturated heterocycles. The van der Waals surface area contributed by atoms with E-state index in [1.54, 1.807) is 22.6 Å². The van der Waals surface area contributed by atoms with E-state index in [2.05, 4.69) is 10.1 Å². The lowest BCUT2D eigenvalue weighted by Gasteiger charge is -2.26. The van der Waals surface area contributed by atoms with E-state index < -0.39 is 5.97 Å². The first kappa shape index (κ1) is 18.0. The Labute approximate surface area is 161 Å². The lowest BCUT2D eigenvalue weighted by Crippen LogP contribution is -2.30. The first-order valence-electron chi connectivity index (χ1n) is 8.99. The van der Waals surface area contributed by atoms with Crippen LogP contribution in [0.5, 0.6) is 5.75 Å². The molecule has 1 atom stereocenters. The van der Waals surface area contributed by atoms with Crippen LogP contribution in [0.1, 0.15) is 46.2 Å². The van der Waals surface area contributed by atoms with Crippen LogP contribution in [0.2, 0.25) is 0 Å². The van der Waals surface area contributed by atoms with Crippen LogP contribution in [0.15, 0.2) is 36.5 Å². The highest BCUT2D eigenvalue weighted by atomic mass is 16.5. The molecule has 1 unspecified atom stereocenters. The second-order valence-electron chi connectivity index (χ2n) is 6.84. The SMILES string of the molecule is COc1ccc(CN2C(=O)CCC2c2c(C(=O)O)cnc3cc(C)nn23)cc1. The van der Waals surface area contributed by atoms with Crippen molar-refractivity contribution in [3.63, 3.8) is 0 Å². The molecule has 4 rings (SSSR count). The number of amides is 1. The summed E-state index contributed by atoms with van der Waals surface area (Å²) in [6.07, 6.45) is 2.25. The number of hydrogen-bond donors (Lipinski definition) is 1. The van der Waals surface area contributed by atoms with Gasteiger partial charge in [0.2, 0.25) is 5.91 Å². The molecule has 1 N–H and O–H groups in total. The maximum absolute atomic E-state index is 12.6. The largest absolute Gasteiger partial charge is 0.497 e. The molecule has 1 aliphatic heterocycles. The molecule has 1 aliphatic rings. The van der Waals surface area contributed by atoms with E-state index in [0.29, 0.717) is 30.7 Å². The highest BCUT2D eigenvalue weighted by Gasteiger charge is 2.36. The standard InChI is InChI=1S/C20H20N4O4/c1-12-9-17-21-10-15(20(26)27)19(24(17)22-12)16-7-8-18(25)23(16)11-13-3-5-14(28-2)6-4-13/h3-6,9-10,16H,7-8,11H2,1-2H3,(H,26,27). The van der Waals surface area contributed by atoms with E-state index >= 15 is 0 Å². The predicted molar refractivity (Wildman–Crippen MR) is 100 cm³/mol. The molecule has 0 radical (unpaired) electrons. The number of aromatic carboxylic acids is 1. The lowest BCUT2D eigenvalue weighted by molar-refractivity contribution is -0.129. The van der Waals surface area contributed by atoms with Crippen molar-refractivity contribution < 1.29 is 19.4 Å². The Balaban J connectivity index is 1.77. The molecule has 1 aromatic carbocycles. The number of ether oxygens (including phenoxy) is 1. The fourth-order valence-electron chi connectivity index (χ4n) is 3.70. The minimum absolute atomic E-state index is 0.00834. The average Bonchev–Trinajstić information content (AvgIpc) is 3.23. The van der Waals surface area contributed by atoms with Crippen molar-refractivity contribution in [3.8, 4) is 5.75 Å². The van der Waals surface area contributed by atoms with E-state index in [-0.39, 0.29) is 17.5 Å². The van der Waals surface area contributed by atoms with Gasteiger partial charge in [0.1, 0.15) is 11.3 Å². The van der Waals surface area contributed by atoms with Gasteiger partial charge in [-0.15, -0.1) is 0 Å². The highest BCUT2D eigenvalue weighted by molar-refractivity contribution is 5.89. The van der Waals surface area contributed by atoms with Crippen LogP contribution < -0.4 is 4.74 Å². The number of methoxy groups -OCH3 is 1. The molecule has 0 bridgehead atoms. The van der Waals surface area contributed by atoms with Crippen LogP contribution in [0.3, 0.4) is 0 Å². The van der Waals surface area contributed by atoms with Crippen molar-refractivity contribution in [3.05, 3.63) is 59.0 Å². The summed E-state index contributed by atoms with van der Waals surface area (Å²) in [7, 11) is 1.60. The van der Waals surface area contributed by atoms with E-state index in [0.717, 1.165) is 17.0 Å².